The van der Waals surface area contributed by atoms with Gasteiger partial charge in [-0.2, -0.15) is 0 Å². The van der Waals surface area contributed by atoms with Crippen LogP contribution in [0.5, 0.6) is 0 Å². The minimum Gasteiger partial charge on any atom is -0.344 e. The van der Waals surface area contributed by atoms with E-state index in [-0.39, 0.29) is 49.5 Å². The van der Waals surface area contributed by atoms with Gasteiger partial charge in [0.2, 0.25) is 0 Å². The van der Waals surface area contributed by atoms with E-state index in [1.54, 1.807) is 6.08 Å². The summed E-state index contributed by atoms with van der Waals surface area (Å²) in [6, 6.07) is 0. The summed E-state index contributed by atoms with van der Waals surface area (Å²) in [4.78, 5) is 0. The van der Waals surface area contributed by atoms with Crippen LogP contribution >= 0.6 is 37.2 Å². The highest BCUT2D eigenvalue weighted by Gasteiger charge is 1.58. The standard InChI is InChI=1S/C3H7NO.3ClH.2H3N/c1-2-3-4-5;;;;;/h2,4-5H,1,3H2;3*1H;2*1H3. The Kier molecular flexibility index (Phi) is 267. The lowest BCUT2D eigenvalue weighted by atomic mass is 10.7. The Labute approximate surface area is 79.8 Å². The van der Waals surface area contributed by atoms with Gasteiger partial charge in [-0.25, -0.2) is 5.48 Å². The molecule has 0 spiro atoms. The molecule has 0 aromatic rings. The summed E-state index contributed by atoms with van der Waals surface area (Å²) >= 11 is 0. The first-order chi connectivity index (χ1) is 2.41. The number of nitrogens with one attached hydrogen (secondary N) is 1. The van der Waals surface area contributed by atoms with E-state index < -0.39 is 0 Å². The molecule has 0 fully saturated rings. The highest BCUT2D eigenvalue weighted by Crippen LogP contribution is 1.48. The third-order valence-corrected chi connectivity index (χ3v) is 0.236. The van der Waals surface area contributed by atoms with E-state index >= 15 is 0 Å². The summed E-state index contributed by atoms with van der Waals surface area (Å²) < 4.78 is 0. The van der Waals surface area contributed by atoms with E-state index in [9.17, 15) is 0 Å². The summed E-state index contributed by atoms with van der Waals surface area (Å²) in [5.41, 5.74) is 1.90. The van der Waals surface area contributed by atoms with Crippen molar-refractivity contribution >= 4 is 37.2 Å². The van der Waals surface area contributed by atoms with Gasteiger partial charge in [-0.15, -0.1) is 43.8 Å². The van der Waals surface area contributed by atoms with Crippen molar-refractivity contribution < 1.29 is 5.21 Å². The molecular formula is C3H16Cl3N3O. The average molecular weight is 217 g/mol. The number of hydrogen-bond acceptors (Lipinski definition) is 4. The van der Waals surface area contributed by atoms with Gasteiger partial charge < -0.3 is 17.5 Å². The molecule has 7 heteroatoms. The Bertz CT molecular complexity index is 40.2. The molecule has 0 unspecified atom stereocenters. The highest BCUT2D eigenvalue weighted by atomic mass is 35.5. The second-order valence-electron chi connectivity index (χ2n) is 0.651. The molecule has 0 aromatic heterocycles. The van der Waals surface area contributed by atoms with Crippen LogP contribution in [0.3, 0.4) is 0 Å². The zero-order valence-electron chi connectivity index (χ0n) is 5.58. The molecule has 0 saturated carbocycles. The van der Waals surface area contributed by atoms with Crippen molar-refractivity contribution in [3.8, 4) is 0 Å². The van der Waals surface area contributed by atoms with Gasteiger partial charge in [-0.1, -0.05) is 6.08 Å². The van der Waals surface area contributed by atoms with Crippen LogP contribution in [0.1, 0.15) is 0 Å². The second-order valence-corrected chi connectivity index (χ2v) is 0.651. The van der Waals surface area contributed by atoms with Crippen LogP contribution in [0.25, 0.3) is 0 Å². The summed E-state index contributed by atoms with van der Waals surface area (Å²) in [5.74, 6) is 0. The lowest BCUT2D eigenvalue weighted by molar-refractivity contribution is 0.180. The number of hydrogen-bond donors (Lipinski definition) is 4. The molecule has 0 heterocycles. The van der Waals surface area contributed by atoms with Crippen molar-refractivity contribution in [3.05, 3.63) is 12.7 Å². The molecule has 0 atom stereocenters. The first kappa shape index (κ1) is 47.1. The van der Waals surface area contributed by atoms with Crippen LogP contribution in [0.15, 0.2) is 12.7 Å². The number of halogens is 3. The maximum absolute atomic E-state index is 7.74. The van der Waals surface area contributed by atoms with Gasteiger partial charge in [0, 0.05) is 6.54 Å². The molecule has 0 amide bonds. The zero-order chi connectivity index (χ0) is 4.12. The van der Waals surface area contributed by atoms with E-state index in [2.05, 4.69) is 6.58 Å². The predicted octanol–water partition coefficient (Wildman–Crippen LogP) is 1.74. The molecular weight excluding hydrogens is 200 g/mol. The Morgan fingerprint density at radius 2 is 1.50 bits per heavy atom. The molecule has 0 radical (unpaired) electrons. The summed E-state index contributed by atoms with van der Waals surface area (Å²) in [6.45, 7) is 3.79. The van der Waals surface area contributed by atoms with E-state index in [1.165, 1.54) is 0 Å². The van der Waals surface area contributed by atoms with Gasteiger partial charge in [0.1, 0.15) is 0 Å². The molecule has 0 aromatic carbocycles. The lowest BCUT2D eigenvalue weighted by Gasteiger charge is -1.78. The van der Waals surface area contributed by atoms with Gasteiger partial charge in [0.05, 0.1) is 0 Å². The molecule has 0 aliphatic heterocycles. The van der Waals surface area contributed by atoms with Gasteiger partial charge in [0.25, 0.3) is 0 Å². The van der Waals surface area contributed by atoms with Crippen molar-refractivity contribution in [3.63, 3.8) is 0 Å². The Balaban J connectivity index is -0.00000000800. The number of hydroxylamine groups is 1. The smallest absolute Gasteiger partial charge is 0.0385 e. The average Bonchev–Trinajstić information content (AvgIpc) is 1.41. The van der Waals surface area contributed by atoms with Crippen LogP contribution in [0.2, 0.25) is 0 Å². The first-order valence-corrected chi connectivity index (χ1v) is 1.39. The van der Waals surface area contributed by atoms with Crippen LogP contribution in [0.4, 0.5) is 0 Å². The lowest BCUT2D eigenvalue weighted by Crippen LogP contribution is -2.04. The maximum Gasteiger partial charge on any atom is 0.0385 e. The van der Waals surface area contributed by atoms with E-state index in [0.29, 0.717) is 6.54 Å². The predicted molar refractivity (Wildman–Crippen MR) is 51.8 cm³/mol. The van der Waals surface area contributed by atoms with Crippen LogP contribution in [0, 0.1) is 0 Å². The van der Waals surface area contributed by atoms with Crippen molar-refractivity contribution in [2.75, 3.05) is 6.54 Å². The van der Waals surface area contributed by atoms with Crippen molar-refractivity contribution in [1.29, 1.82) is 0 Å². The molecule has 0 saturated heterocycles. The second kappa shape index (κ2) is 56.7. The molecule has 4 nitrogen and oxygen atoms in total. The monoisotopic (exact) mass is 215 g/mol. The fraction of sp³-hybridized carbons (Fsp3) is 0.333. The van der Waals surface area contributed by atoms with Crippen LogP contribution < -0.4 is 17.8 Å². The SMILES string of the molecule is C=CCNO.Cl.Cl.Cl.N.N. The minimum absolute atomic E-state index is 0. The largest absolute Gasteiger partial charge is 0.344 e. The Morgan fingerprint density at radius 1 is 1.20 bits per heavy atom. The third-order valence-electron chi connectivity index (χ3n) is 0.236. The van der Waals surface area contributed by atoms with Crippen molar-refractivity contribution in [2.24, 2.45) is 0 Å². The van der Waals surface area contributed by atoms with Crippen molar-refractivity contribution in [1.82, 2.24) is 17.8 Å². The molecule has 0 rings (SSSR count). The molecule has 10 heavy (non-hydrogen) atoms. The fourth-order valence-corrected chi connectivity index (χ4v) is 0.0645. The zero-order valence-corrected chi connectivity index (χ0v) is 8.03. The van der Waals surface area contributed by atoms with Crippen LogP contribution in [-0.2, 0) is 0 Å². The Hall–Kier alpha value is 0.450. The number of rotatable bonds is 2. The molecule has 0 aliphatic rings. The van der Waals surface area contributed by atoms with E-state index in [0.717, 1.165) is 0 Å². The molecule has 0 bridgehead atoms. The highest BCUT2D eigenvalue weighted by molar-refractivity contribution is 5.86. The molecule has 70 valence electrons. The topological polar surface area (TPSA) is 102 Å². The summed E-state index contributed by atoms with van der Waals surface area (Å²) in [7, 11) is 0. The molecule has 0 aliphatic carbocycles. The van der Waals surface area contributed by atoms with E-state index in [1.807, 2.05) is 5.48 Å². The normalized spacial score (nSPS) is 3.70. The summed E-state index contributed by atoms with van der Waals surface area (Å²) in [5, 5.41) is 7.74. The Morgan fingerprint density at radius 3 is 1.50 bits per heavy atom. The van der Waals surface area contributed by atoms with Gasteiger partial charge in [-0.3, -0.25) is 0 Å². The van der Waals surface area contributed by atoms with Gasteiger partial charge >= 0.3 is 0 Å². The third kappa shape index (κ3) is 78.1. The molecule has 8 N–H and O–H groups in total. The minimum atomic E-state index is 0. The summed E-state index contributed by atoms with van der Waals surface area (Å²) in [6.07, 6.45) is 1.57. The first-order valence-electron chi connectivity index (χ1n) is 1.39. The maximum atomic E-state index is 7.74. The van der Waals surface area contributed by atoms with Crippen molar-refractivity contribution in [2.45, 2.75) is 0 Å². The van der Waals surface area contributed by atoms with E-state index in [4.69, 9.17) is 5.21 Å². The quantitative estimate of drug-likeness (QED) is 0.417. The van der Waals surface area contributed by atoms with Gasteiger partial charge in [-0.05, 0) is 0 Å². The van der Waals surface area contributed by atoms with Gasteiger partial charge in [0.15, 0.2) is 0 Å². The fourth-order valence-electron chi connectivity index (χ4n) is 0.0645. The van der Waals surface area contributed by atoms with Crippen LogP contribution in [-0.4, -0.2) is 11.8 Å².